The van der Waals surface area contributed by atoms with Crippen molar-refractivity contribution < 1.29 is 14.3 Å². The number of benzene rings is 2. The van der Waals surface area contributed by atoms with Crippen LogP contribution in [-0.4, -0.2) is 19.2 Å². The first-order chi connectivity index (χ1) is 12.4. The van der Waals surface area contributed by atoms with Crippen molar-refractivity contribution in [1.82, 2.24) is 5.32 Å². The number of carbonyl (C=O) groups excluding carboxylic acids is 1. The number of anilines is 1. The van der Waals surface area contributed by atoms with Crippen molar-refractivity contribution in [1.29, 1.82) is 0 Å². The van der Waals surface area contributed by atoms with E-state index in [0.29, 0.717) is 19.5 Å². The molecule has 1 aliphatic heterocycles. The van der Waals surface area contributed by atoms with Crippen molar-refractivity contribution in [2.24, 2.45) is 0 Å². The normalized spacial score (nSPS) is 12.7. The molecule has 0 bridgehead atoms. The number of hydrogen-bond acceptors (Lipinski definition) is 4. The third-order valence-electron chi connectivity index (χ3n) is 4.36. The number of carbonyl (C=O) groups is 1. The van der Waals surface area contributed by atoms with E-state index < -0.39 is 0 Å². The molecule has 0 unspecified atom stereocenters. The molecule has 2 aromatic rings. The summed E-state index contributed by atoms with van der Waals surface area (Å²) in [5.41, 5.74) is 3.46. The molecule has 0 saturated heterocycles. The first kappa shape index (κ1) is 18.1. The highest BCUT2D eigenvalue weighted by atomic mass is 16.7. The Morgan fingerprint density at radius 1 is 1.04 bits per heavy atom. The summed E-state index contributed by atoms with van der Waals surface area (Å²) in [6, 6.07) is 14.1. The molecule has 2 aromatic carbocycles. The van der Waals surface area contributed by atoms with Gasteiger partial charge in [-0.3, -0.25) is 4.79 Å². The van der Waals surface area contributed by atoms with Gasteiger partial charge >= 0.3 is 0 Å². The summed E-state index contributed by atoms with van der Waals surface area (Å²) >= 11 is 0. The SMILES string of the molecule is CC(C)(C)c1ccc(NCCC(=O)NCc2ccc3c(c2)OCO3)cc1. The van der Waals surface area contributed by atoms with E-state index in [1.54, 1.807) is 0 Å². The lowest BCUT2D eigenvalue weighted by atomic mass is 9.87. The smallest absolute Gasteiger partial charge is 0.231 e. The van der Waals surface area contributed by atoms with Gasteiger partial charge in [0.1, 0.15) is 0 Å². The summed E-state index contributed by atoms with van der Waals surface area (Å²) in [6.45, 7) is 7.92. The van der Waals surface area contributed by atoms with Gasteiger partial charge in [0.15, 0.2) is 11.5 Å². The van der Waals surface area contributed by atoms with Gasteiger partial charge in [0.05, 0.1) is 0 Å². The maximum absolute atomic E-state index is 12.0. The monoisotopic (exact) mass is 354 g/mol. The van der Waals surface area contributed by atoms with Gasteiger partial charge in [-0.05, 0) is 40.8 Å². The second kappa shape index (κ2) is 7.68. The summed E-state index contributed by atoms with van der Waals surface area (Å²) in [6.07, 6.45) is 0.422. The third kappa shape index (κ3) is 4.69. The molecule has 138 valence electrons. The van der Waals surface area contributed by atoms with Crippen molar-refractivity contribution in [3.05, 3.63) is 53.6 Å². The van der Waals surface area contributed by atoms with Crippen LogP contribution in [0.2, 0.25) is 0 Å². The minimum absolute atomic E-state index is 0.0153. The second-order valence-corrected chi connectivity index (χ2v) is 7.47. The van der Waals surface area contributed by atoms with Gasteiger partial charge in [0.25, 0.3) is 0 Å². The molecule has 26 heavy (non-hydrogen) atoms. The molecule has 0 radical (unpaired) electrons. The standard InChI is InChI=1S/C21H26N2O3/c1-21(2,3)16-5-7-17(8-6-16)22-11-10-20(24)23-13-15-4-9-18-19(12-15)26-14-25-18/h4-9,12,22H,10-11,13-14H2,1-3H3,(H,23,24). The molecular formula is C21H26N2O3. The van der Waals surface area contributed by atoms with Crippen LogP contribution in [-0.2, 0) is 16.8 Å². The summed E-state index contributed by atoms with van der Waals surface area (Å²) < 4.78 is 10.6. The van der Waals surface area contributed by atoms with Gasteiger partial charge in [0, 0.05) is 25.2 Å². The van der Waals surface area contributed by atoms with Crippen LogP contribution >= 0.6 is 0 Å². The molecule has 0 aromatic heterocycles. The van der Waals surface area contributed by atoms with Crippen molar-refractivity contribution in [3.8, 4) is 11.5 Å². The molecule has 0 atom stereocenters. The van der Waals surface area contributed by atoms with E-state index in [1.165, 1.54) is 5.56 Å². The first-order valence-corrected chi connectivity index (χ1v) is 8.91. The van der Waals surface area contributed by atoms with Crippen LogP contribution < -0.4 is 20.1 Å². The molecule has 5 nitrogen and oxygen atoms in total. The quantitative estimate of drug-likeness (QED) is 0.828. The Labute approximate surface area is 154 Å². The lowest BCUT2D eigenvalue weighted by molar-refractivity contribution is -0.121. The topological polar surface area (TPSA) is 59.6 Å². The Morgan fingerprint density at radius 3 is 2.50 bits per heavy atom. The predicted octanol–water partition coefficient (Wildman–Crippen LogP) is 3.83. The summed E-state index contributed by atoms with van der Waals surface area (Å²) in [7, 11) is 0. The minimum atomic E-state index is 0.0153. The summed E-state index contributed by atoms with van der Waals surface area (Å²) in [5, 5.41) is 6.22. The van der Waals surface area contributed by atoms with Gasteiger partial charge in [-0.15, -0.1) is 0 Å². The molecule has 1 heterocycles. The van der Waals surface area contributed by atoms with E-state index in [-0.39, 0.29) is 18.1 Å². The molecule has 0 spiro atoms. The van der Waals surface area contributed by atoms with Crippen molar-refractivity contribution in [2.75, 3.05) is 18.7 Å². The number of amides is 1. The highest BCUT2D eigenvalue weighted by Gasteiger charge is 2.14. The average molecular weight is 354 g/mol. The fourth-order valence-electron chi connectivity index (χ4n) is 2.75. The van der Waals surface area contributed by atoms with Gasteiger partial charge in [-0.1, -0.05) is 39.0 Å². The Hall–Kier alpha value is -2.69. The van der Waals surface area contributed by atoms with Crippen molar-refractivity contribution in [2.45, 2.75) is 39.2 Å². The molecule has 0 saturated carbocycles. The van der Waals surface area contributed by atoms with Gasteiger partial charge in [-0.2, -0.15) is 0 Å². The van der Waals surface area contributed by atoms with Crippen LogP contribution in [0.3, 0.4) is 0 Å². The zero-order chi connectivity index (χ0) is 18.6. The molecule has 1 aliphatic rings. The van der Waals surface area contributed by atoms with E-state index in [9.17, 15) is 4.79 Å². The van der Waals surface area contributed by atoms with Crippen LogP contribution in [0.25, 0.3) is 0 Å². The third-order valence-corrected chi connectivity index (χ3v) is 4.36. The summed E-state index contributed by atoms with van der Waals surface area (Å²) in [5.74, 6) is 1.50. The average Bonchev–Trinajstić information content (AvgIpc) is 3.07. The van der Waals surface area contributed by atoms with Gasteiger partial charge in [0.2, 0.25) is 12.7 Å². The Morgan fingerprint density at radius 2 is 1.77 bits per heavy atom. The molecule has 0 aliphatic carbocycles. The maximum Gasteiger partial charge on any atom is 0.231 e. The Bertz CT molecular complexity index is 764. The van der Waals surface area contributed by atoms with E-state index in [4.69, 9.17) is 9.47 Å². The number of ether oxygens (including phenoxy) is 2. The number of nitrogens with one attached hydrogen (secondary N) is 2. The van der Waals surface area contributed by atoms with Crippen molar-refractivity contribution in [3.63, 3.8) is 0 Å². The van der Waals surface area contributed by atoms with Crippen molar-refractivity contribution >= 4 is 11.6 Å². The lowest BCUT2D eigenvalue weighted by Crippen LogP contribution is -2.24. The summed E-state index contributed by atoms with van der Waals surface area (Å²) in [4.78, 5) is 12.0. The highest BCUT2D eigenvalue weighted by Crippen LogP contribution is 2.32. The fraction of sp³-hybridized carbons (Fsp3) is 0.381. The molecule has 1 amide bonds. The maximum atomic E-state index is 12.0. The number of fused-ring (bicyclic) bond motifs is 1. The largest absolute Gasteiger partial charge is 0.454 e. The van der Waals surface area contributed by atoms with Gasteiger partial charge in [-0.25, -0.2) is 0 Å². The van der Waals surface area contributed by atoms with Crippen LogP contribution in [0.4, 0.5) is 5.69 Å². The van der Waals surface area contributed by atoms with Crippen LogP contribution in [0.5, 0.6) is 11.5 Å². The lowest BCUT2D eigenvalue weighted by Gasteiger charge is -2.19. The predicted molar refractivity (Wildman–Crippen MR) is 103 cm³/mol. The second-order valence-electron chi connectivity index (χ2n) is 7.47. The zero-order valence-corrected chi connectivity index (χ0v) is 15.6. The van der Waals surface area contributed by atoms with Crippen LogP contribution in [0, 0.1) is 0 Å². The molecular weight excluding hydrogens is 328 g/mol. The first-order valence-electron chi connectivity index (χ1n) is 8.91. The molecule has 3 rings (SSSR count). The highest BCUT2D eigenvalue weighted by molar-refractivity contribution is 5.76. The van der Waals surface area contributed by atoms with E-state index in [1.807, 2.05) is 18.2 Å². The number of rotatable bonds is 6. The zero-order valence-electron chi connectivity index (χ0n) is 15.6. The Balaban J connectivity index is 1.40. The molecule has 0 fully saturated rings. The minimum Gasteiger partial charge on any atom is -0.454 e. The Kier molecular flexibility index (Phi) is 5.35. The van der Waals surface area contributed by atoms with E-state index in [2.05, 4.69) is 55.7 Å². The number of hydrogen-bond donors (Lipinski definition) is 2. The van der Waals surface area contributed by atoms with E-state index in [0.717, 1.165) is 22.7 Å². The fourth-order valence-corrected chi connectivity index (χ4v) is 2.75. The molecule has 5 heteroatoms. The van der Waals surface area contributed by atoms with Crippen LogP contribution in [0.15, 0.2) is 42.5 Å². The van der Waals surface area contributed by atoms with Crippen LogP contribution in [0.1, 0.15) is 38.3 Å². The van der Waals surface area contributed by atoms with Gasteiger partial charge < -0.3 is 20.1 Å². The van der Waals surface area contributed by atoms with E-state index >= 15 is 0 Å². The molecule has 2 N–H and O–H groups in total.